The Labute approximate surface area is 80.8 Å². The van der Waals surface area contributed by atoms with E-state index in [1.54, 1.807) is 11.6 Å². The molecule has 1 aromatic heterocycles. The maximum Gasteiger partial charge on any atom is 0.372 e. The molecule has 1 heterocycles. The van der Waals surface area contributed by atoms with E-state index >= 15 is 0 Å². The highest BCUT2D eigenvalue weighted by Crippen LogP contribution is 2.18. The van der Waals surface area contributed by atoms with E-state index in [0.717, 1.165) is 16.6 Å². The fraction of sp³-hybridized carbons (Fsp3) is 0.200. The lowest BCUT2D eigenvalue weighted by atomic mass is 10.2. The molecule has 4 heteroatoms. The zero-order valence-electron chi connectivity index (χ0n) is 7.98. The molecule has 0 unspecified atom stereocenters. The Bertz CT molecular complexity index is 514. The minimum absolute atomic E-state index is 0.0781. The number of aromatic carboxylic acids is 1. The van der Waals surface area contributed by atoms with Gasteiger partial charge in [-0.05, 0) is 18.6 Å². The quantitative estimate of drug-likeness (QED) is 0.742. The maximum absolute atomic E-state index is 10.8. The van der Waals surface area contributed by atoms with E-state index in [9.17, 15) is 4.79 Å². The van der Waals surface area contributed by atoms with Crippen LogP contribution in [0.3, 0.4) is 0 Å². The van der Waals surface area contributed by atoms with E-state index in [4.69, 9.17) is 5.11 Å². The molecule has 0 radical (unpaired) electrons. The summed E-state index contributed by atoms with van der Waals surface area (Å²) in [4.78, 5) is 14.9. The molecule has 0 saturated carbocycles. The topological polar surface area (TPSA) is 55.1 Å². The van der Waals surface area contributed by atoms with Gasteiger partial charge in [0.25, 0.3) is 0 Å². The van der Waals surface area contributed by atoms with E-state index in [2.05, 4.69) is 4.98 Å². The Morgan fingerprint density at radius 3 is 2.79 bits per heavy atom. The Kier molecular flexibility index (Phi) is 1.77. The molecule has 14 heavy (non-hydrogen) atoms. The molecule has 0 spiro atoms. The van der Waals surface area contributed by atoms with Crippen LogP contribution in [-0.2, 0) is 7.05 Å². The van der Waals surface area contributed by atoms with Crippen molar-refractivity contribution in [1.29, 1.82) is 0 Å². The van der Waals surface area contributed by atoms with Crippen LogP contribution < -0.4 is 0 Å². The predicted molar refractivity (Wildman–Crippen MR) is 52.4 cm³/mol. The van der Waals surface area contributed by atoms with Crippen LogP contribution in [0.15, 0.2) is 18.2 Å². The van der Waals surface area contributed by atoms with Gasteiger partial charge in [-0.15, -0.1) is 0 Å². The van der Waals surface area contributed by atoms with Crippen LogP contribution in [0.5, 0.6) is 0 Å². The lowest BCUT2D eigenvalue weighted by molar-refractivity contribution is 0.0680. The molecular formula is C10H10N2O2. The van der Waals surface area contributed by atoms with Crippen molar-refractivity contribution in [2.24, 2.45) is 7.05 Å². The maximum atomic E-state index is 10.8. The molecule has 4 nitrogen and oxygen atoms in total. The predicted octanol–water partition coefficient (Wildman–Crippen LogP) is 1.58. The molecule has 0 saturated heterocycles. The highest BCUT2D eigenvalue weighted by atomic mass is 16.4. The summed E-state index contributed by atoms with van der Waals surface area (Å²) in [6.45, 7) is 1.92. The second-order valence-corrected chi connectivity index (χ2v) is 3.24. The Balaban J connectivity index is 2.86. The van der Waals surface area contributed by atoms with Crippen molar-refractivity contribution >= 4 is 17.0 Å². The summed E-state index contributed by atoms with van der Waals surface area (Å²) in [5.74, 6) is -0.919. The Hall–Kier alpha value is -1.84. The van der Waals surface area contributed by atoms with Crippen molar-refractivity contribution in [2.75, 3.05) is 0 Å². The molecule has 1 aromatic carbocycles. The molecule has 0 atom stereocenters. The monoisotopic (exact) mass is 190 g/mol. The molecule has 0 aliphatic rings. The number of benzene rings is 1. The zero-order valence-corrected chi connectivity index (χ0v) is 7.98. The minimum Gasteiger partial charge on any atom is -0.475 e. The van der Waals surface area contributed by atoms with E-state index in [0.29, 0.717) is 0 Å². The molecule has 0 amide bonds. The van der Waals surface area contributed by atoms with Crippen molar-refractivity contribution in [1.82, 2.24) is 9.55 Å². The van der Waals surface area contributed by atoms with Gasteiger partial charge in [0.2, 0.25) is 5.82 Å². The third-order valence-corrected chi connectivity index (χ3v) is 2.30. The average molecular weight is 190 g/mol. The molecule has 0 aliphatic heterocycles. The fourth-order valence-electron chi connectivity index (χ4n) is 1.55. The lowest BCUT2D eigenvalue weighted by Crippen LogP contribution is -2.05. The zero-order chi connectivity index (χ0) is 10.3. The molecule has 0 aliphatic carbocycles. The fourth-order valence-corrected chi connectivity index (χ4v) is 1.55. The largest absolute Gasteiger partial charge is 0.475 e. The van der Waals surface area contributed by atoms with Gasteiger partial charge < -0.3 is 9.67 Å². The number of fused-ring (bicyclic) bond motifs is 1. The van der Waals surface area contributed by atoms with Crippen molar-refractivity contribution in [3.8, 4) is 0 Å². The van der Waals surface area contributed by atoms with Crippen LogP contribution in [0.4, 0.5) is 0 Å². The Morgan fingerprint density at radius 2 is 2.21 bits per heavy atom. The number of carboxylic acid groups (broad SMARTS) is 1. The van der Waals surface area contributed by atoms with Gasteiger partial charge in [0.05, 0.1) is 11.0 Å². The average Bonchev–Trinajstić information content (AvgIpc) is 2.46. The first-order chi connectivity index (χ1) is 6.61. The number of carboxylic acids is 1. The van der Waals surface area contributed by atoms with E-state index in [-0.39, 0.29) is 5.82 Å². The van der Waals surface area contributed by atoms with E-state index < -0.39 is 5.97 Å². The van der Waals surface area contributed by atoms with Crippen LogP contribution in [0.25, 0.3) is 11.0 Å². The van der Waals surface area contributed by atoms with Crippen LogP contribution in [0.2, 0.25) is 0 Å². The third kappa shape index (κ3) is 1.08. The molecule has 1 N–H and O–H groups in total. The second kappa shape index (κ2) is 2.83. The second-order valence-electron chi connectivity index (χ2n) is 3.24. The van der Waals surface area contributed by atoms with Gasteiger partial charge in [-0.1, -0.05) is 12.1 Å². The molecular weight excluding hydrogens is 180 g/mol. The summed E-state index contributed by atoms with van der Waals surface area (Å²) in [7, 11) is 1.71. The van der Waals surface area contributed by atoms with Crippen LogP contribution >= 0.6 is 0 Å². The first-order valence-corrected chi connectivity index (χ1v) is 4.26. The first-order valence-electron chi connectivity index (χ1n) is 4.26. The van der Waals surface area contributed by atoms with Crippen LogP contribution in [-0.4, -0.2) is 20.6 Å². The smallest absolute Gasteiger partial charge is 0.372 e. The lowest BCUT2D eigenvalue weighted by Gasteiger charge is -1.96. The number of para-hydroxylation sites is 1. The van der Waals surface area contributed by atoms with Gasteiger partial charge in [-0.25, -0.2) is 9.78 Å². The van der Waals surface area contributed by atoms with E-state index in [1.807, 2.05) is 25.1 Å². The third-order valence-electron chi connectivity index (χ3n) is 2.30. The standard InChI is InChI=1S/C10H10N2O2/c1-6-4-3-5-7-8(6)11-9(10(13)14)12(7)2/h3-5H,1-2H3,(H,13,14). The molecule has 0 bridgehead atoms. The number of nitrogens with zero attached hydrogens (tertiary/aromatic N) is 2. The van der Waals surface area contributed by atoms with Gasteiger partial charge in [-0.3, -0.25) is 0 Å². The summed E-state index contributed by atoms with van der Waals surface area (Å²) in [6, 6.07) is 5.67. The van der Waals surface area contributed by atoms with Gasteiger partial charge in [0, 0.05) is 7.05 Å². The SMILES string of the molecule is Cc1cccc2c1nc(C(=O)O)n2C. The van der Waals surface area contributed by atoms with Crippen molar-refractivity contribution in [2.45, 2.75) is 6.92 Å². The van der Waals surface area contributed by atoms with Crippen LogP contribution in [0, 0.1) is 6.92 Å². The molecule has 2 rings (SSSR count). The highest BCUT2D eigenvalue weighted by Gasteiger charge is 2.14. The normalized spacial score (nSPS) is 10.7. The highest BCUT2D eigenvalue weighted by molar-refractivity contribution is 5.90. The van der Waals surface area contributed by atoms with Gasteiger partial charge in [0.15, 0.2) is 0 Å². The van der Waals surface area contributed by atoms with Gasteiger partial charge in [0.1, 0.15) is 0 Å². The van der Waals surface area contributed by atoms with Crippen molar-refractivity contribution in [3.05, 3.63) is 29.6 Å². The summed E-state index contributed by atoms with van der Waals surface area (Å²) in [5, 5.41) is 8.87. The number of aryl methyl sites for hydroxylation is 2. The molecule has 72 valence electrons. The van der Waals surface area contributed by atoms with E-state index in [1.165, 1.54) is 0 Å². The van der Waals surface area contributed by atoms with Crippen molar-refractivity contribution < 1.29 is 9.90 Å². The number of hydrogen-bond donors (Lipinski definition) is 1. The first kappa shape index (κ1) is 8.74. The van der Waals surface area contributed by atoms with Crippen molar-refractivity contribution in [3.63, 3.8) is 0 Å². The number of aromatic nitrogens is 2. The summed E-state index contributed by atoms with van der Waals surface area (Å²) >= 11 is 0. The molecule has 0 fully saturated rings. The Morgan fingerprint density at radius 1 is 1.50 bits per heavy atom. The number of hydrogen-bond acceptors (Lipinski definition) is 2. The summed E-state index contributed by atoms with van der Waals surface area (Å²) in [5.41, 5.74) is 2.60. The summed E-state index contributed by atoms with van der Waals surface area (Å²) < 4.78 is 1.59. The van der Waals surface area contributed by atoms with Gasteiger partial charge in [-0.2, -0.15) is 0 Å². The van der Waals surface area contributed by atoms with Crippen LogP contribution in [0.1, 0.15) is 16.2 Å². The summed E-state index contributed by atoms with van der Waals surface area (Å²) in [6.07, 6.45) is 0. The minimum atomic E-state index is -0.997. The van der Waals surface area contributed by atoms with Gasteiger partial charge >= 0.3 is 5.97 Å². The molecule has 2 aromatic rings. The number of rotatable bonds is 1. The number of carbonyl (C=O) groups is 1. The number of imidazole rings is 1.